The molecule has 1 aromatic carbocycles. The van der Waals surface area contributed by atoms with Crippen LogP contribution in [0.2, 0.25) is 0 Å². The van der Waals surface area contributed by atoms with Crippen molar-refractivity contribution in [2.45, 2.75) is 38.6 Å². The summed E-state index contributed by atoms with van der Waals surface area (Å²) < 4.78 is 5.79. The molecule has 0 saturated heterocycles. The Morgan fingerprint density at radius 1 is 1.47 bits per heavy atom. The summed E-state index contributed by atoms with van der Waals surface area (Å²) >= 11 is 3.48. The highest BCUT2D eigenvalue weighted by molar-refractivity contribution is 9.10. The first-order valence-electron chi connectivity index (χ1n) is 6.40. The minimum Gasteiger partial charge on any atom is -0.469 e. The van der Waals surface area contributed by atoms with Crippen molar-refractivity contribution in [1.82, 2.24) is 0 Å². The lowest BCUT2D eigenvalue weighted by Crippen LogP contribution is -2.47. The summed E-state index contributed by atoms with van der Waals surface area (Å²) in [5.74, 6) is -0.258. The zero-order chi connectivity index (χ0) is 14.3. The summed E-state index contributed by atoms with van der Waals surface area (Å²) in [5, 5.41) is 0. The molecule has 3 nitrogen and oxygen atoms in total. The molecule has 1 atom stereocenters. The Morgan fingerprint density at radius 2 is 2.16 bits per heavy atom. The second-order valence-corrected chi connectivity index (χ2v) is 7.14. The molecule has 0 amide bonds. The van der Waals surface area contributed by atoms with Gasteiger partial charge < -0.3 is 10.5 Å². The van der Waals surface area contributed by atoms with Crippen molar-refractivity contribution in [3.63, 3.8) is 0 Å². The van der Waals surface area contributed by atoms with Crippen molar-refractivity contribution < 1.29 is 9.53 Å². The predicted molar refractivity (Wildman–Crippen MR) is 78.7 cm³/mol. The van der Waals surface area contributed by atoms with Gasteiger partial charge in [0.05, 0.1) is 19.1 Å². The third-order valence-electron chi connectivity index (χ3n) is 3.76. The first kappa shape index (κ1) is 14.5. The van der Waals surface area contributed by atoms with E-state index >= 15 is 0 Å². The first-order chi connectivity index (χ1) is 8.76. The van der Waals surface area contributed by atoms with Crippen molar-refractivity contribution in [3.05, 3.63) is 33.8 Å². The van der Waals surface area contributed by atoms with Crippen LogP contribution in [-0.4, -0.2) is 13.1 Å². The first-order valence-corrected chi connectivity index (χ1v) is 7.20. The zero-order valence-corrected chi connectivity index (χ0v) is 13.2. The predicted octanol–water partition coefficient (Wildman–Crippen LogP) is 3.14. The number of carbonyl (C=O) groups is 1. The van der Waals surface area contributed by atoms with Crippen LogP contribution in [0.15, 0.2) is 22.7 Å². The number of halogens is 1. The molecule has 0 aromatic heterocycles. The Kier molecular flexibility index (Phi) is 3.76. The molecule has 0 radical (unpaired) electrons. The van der Waals surface area contributed by atoms with Gasteiger partial charge in [-0.2, -0.15) is 0 Å². The second-order valence-electron chi connectivity index (χ2n) is 6.23. The summed E-state index contributed by atoms with van der Waals surface area (Å²) in [6.07, 6.45) is 1.98. The van der Waals surface area contributed by atoms with Crippen LogP contribution < -0.4 is 5.73 Å². The molecule has 0 heterocycles. The smallest absolute Gasteiger partial charge is 0.307 e. The van der Waals surface area contributed by atoms with E-state index in [0.717, 1.165) is 22.9 Å². The molecule has 0 bridgehead atoms. The molecule has 1 aliphatic carbocycles. The molecule has 4 heteroatoms. The Bertz CT molecular complexity index is 513. The maximum atomic E-state index is 11.7. The van der Waals surface area contributed by atoms with Gasteiger partial charge in [-0.05, 0) is 41.5 Å². The molecular weight excluding hydrogens is 306 g/mol. The summed E-state index contributed by atoms with van der Waals surface area (Å²) in [5.41, 5.74) is 8.30. The fraction of sp³-hybridized carbons (Fsp3) is 0.533. The van der Waals surface area contributed by atoms with Crippen LogP contribution in [-0.2, 0) is 21.5 Å². The van der Waals surface area contributed by atoms with Gasteiger partial charge in [-0.3, -0.25) is 4.79 Å². The van der Waals surface area contributed by atoms with Gasteiger partial charge >= 0.3 is 5.97 Å². The second kappa shape index (κ2) is 4.91. The largest absolute Gasteiger partial charge is 0.469 e. The van der Waals surface area contributed by atoms with E-state index in [-0.39, 0.29) is 17.8 Å². The molecule has 1 aliphatic rings. The van der Waals surface area contributed by atoms with Crippen molar-refractivity contribution in [2.24, 2.45) is 11.1 Å². The lowest BCUT2D eigenvalue weighted by atomic mass is 9.64. The summed E-state index contributed by atoms with van der Waals surface area (Å²) in [4.78, 5) is 11.7. The van der Waals surface area contributed by atoms with E-state index in [9.17, 15) is 4.79 Å². The van der Waals surface area contributed by atoms with Crippen molar-refractivity contribution >= 4 is 21.9 Å². The highest BCUT2D eigenvalue weighted by atomic mass is 79.9. The van der Waals surface area contributed by atoms with E-state index < -0.39 is 5.54 Å². The average molecular weight is 326 g/mol. The molecule has 0 spiro atoms. The average Bonchev–Trinajstić information content (AvgIpc) is 2.28. The van der Waals surface area contributed by atoms with Crippen LogP contribution in [0, 0.1) is 5.41 Å². The third kappa shape index (κ3) is 3.00. The maximum absolute atomic E-state index is 11.7. The van der Waals surface area contributed by atoms with Gasteiger partial charge in [0, 0.05) is 4.47 Å². The number of esters is 1. The Labute approximate surface area is 122 Å². The van der Waals surface area contributed by atoms with Gasteiger partial charge in [0.15, 0.2) is 0 Å². The Hall–Kier alpha value is -0.870. The SMILES string of the molecule is COC(=O)CC1(N)CC(C)(C)Cc2ccc(Br)cc21. The van der Waals surface area contributed by atoms with Gasteiger partial charge in [-0.1, -0.05) is 35.8 Å². The van der Waals surface area contributed by atoms with E-state index in [1.165, 1.54) is 12.7 Å². The number of hydrogen-bond donors (Lipinski definition) is 1. The monoisotopic (exact) mass is 325 g/mol. The molecule has 19 heavy (non-hydrogen) atoms. The molecule has 1 aromatic rings. The summed E-state index contributed by atoms with van der Waals surface area (Å²) in [6, 6.07) is 6.16. The fourth-order valence-corrected chi connectivity index (χ4v) is 3.54. The number of fused-ring (bicyclic) bond motifs is 1. The van der Waals surface area contributed by atoms with Crippen LogP contribution in [0.25, 0.3) is 0 Å². The molecule has 0 fully saturated rings. The minimum absolute atomic E-state index is 0.0869. The number of rotatable bonds is 2. The van der Waals surface area contributed by atoms with Gasteiger partial charge in [0.1, 0.15) is 0 Å². The van der Waals surface area contributed by atoms with Gasteiger partial charge in [-0.15, -0.1) is 0 Å². The molecule has 1 unspecified atom stereocenters. The molecule has 104 valence electrons. The highest BCUT2D eigenvalue weighted by Crippen LogP contribution is 2.45. The molecule has 2 N–H and O–H groups in total. The van der Waals surface area contributed by atoms with Crippen LogP contribution in [0.4, 0.5) is 0 Å². The van der Waals surface area contributed by atoms with Crippen LogP contribution in [0.1, 0.15) is 37.8 Å². The van der Waals surface area contributed by atoms with Gasteiger partial charge in [0.25, 0.3) is 0 Å². The van der Waals surface area contributed by atoms with Crippen LogP contribution in [0.3, 0.4) is 0 Å². The number of nitrogens with two attached hydrogens (primary N) is 1. The quantitative estimate of drug-likeness (QED) is 0.850. The van der Waals surface area contributed by atoms with E-state index in [0.29, 0.717) is 0 Å². The Morgan fingerprint density at radius 3 is 2.79 bits per heavy atom. The van der Waals surface area contributed by atoms with E-state index in [1.54, 1.807) is 0 Å². The number of benzene rings is 1. The van der Waals surface area contributed by atoms with E-state index in [4.69, 9.17) is 10.5 Å². The lowest BCUT2D eigenvalue weighted by Gasteiger charge is -2.43. The molecule has 0 saturated carbocycles. The van der Waals surface area contributed by atoms with Crippen molar-refractivity contribution in [2.75, 3.05) is 7.11 Å². The van der Waals surface area contributed by atoms with Gasteiger partial charge in [0.2, 0.25) is 0 Å². The molecule has 2 rings (SSSR count). The number of ether oxygens (including phenoxy) is 1. The Balaban J connectivity index is 2.48. The number of methoxy groups -OCH3 is 1. The third-order valence-corrected chi connectivity index (χ3v) is 4.25. The zero-order valence-electron chi connectivity index (χ0n) is 11.6. The topological polar surface area (TPSA) is 52.3 Å². The normalized spacial score (nSPS) is 24.7. The number of hydrogen-bond acceptors (Lipinski definition) is 3. The van der Waals surface area contributed by atoms with Crippen LogP contribution >= 0.6 is 15.9 Å². The highest BCUT2D eigenvalue weighted by Gasteiger charge is 2.42. The van der Waals surface area contributed by atoms with Crippen LogP contribution in [0.5, 0.6) is 0 Å². The molecule has 0 aliphatic heterocycles. The van der Waals surface area contributed by atoms with E-state index in [2.05, 4.69) is 35.8 Å². The van der Waals surface area contributed by atoms with Gasteiger partial charge in [-0.25, -0.2) is 0 Å². The van der Waals surface area contributed by atoms with Crippen molar-refractivity contribution in [1.29, 1.82) is 0 Å². The summed E-state index contributed by atoms with van der Waals surface area (Å²) in [6.45, 7) is 4.38. The van der Waals surface area contributed by atoms with E-state index in [1.807, 2.05) is 12.1 Å². The minimum atomic E-state index is -0.645. The summed E-state index contributed by atoms with van der Waals surface area (Å²) in [7, 11) is 1.40. The fourth-order valence-electron chi connectivity index (χ4n) is 3.18. The number of carbonyl (C=O) groups excluding carboxylic acids is 1. The van der Waals surface area contributed by atoms with Crippen molar-refractivity contribution in [3.8, 4) is 0 Å². The maximum Gasteiger partial charge on any atom is 0.307 e. The standard InChI is InChI=1S/C15H20BrNO2/c1-14(2)7-10-4-5-11(16)6-12(10)15(17,9-14)8-13(18)19-3/h4-6H,7-9,17H2,1-3H3. The lowest BCUT2D eigenvalue weighted by molar-refractivity contribution is -0.142. The molecular formula is C15H20BrNO2.